The fraction of sp³-hybridized carbons (Fsp3) is 0.812. The average Bonchev–Trinajstić information content (AvgIpc) is 2.98. The Labute approximate surface area is 127 Å². The molecule has 2 heterocycles. The minimum absolute atomic E-state index is 0.135. The zero-order valence-electron chi connectivity index (χ0n) is 13.8. The lowest BCUT2D eigenvalue weighted by atomic mass is 10.2. The van der Waals surface area contributed by atoms with Gasteiger partial charge in [-0.05, 0) is 26.2 Å². The van der Waals surface area contributed by atoms with Gasteiger partial charge in [0.05, 0.1) is 24.9 Å². The molecule has 0 aromatic carbocycles. The van der Waals surface area contributed by atoms with Gasteiger partial charge in [0, 0.05) is 37.5 Å². The van der Waals surface area contributed by atoms with Gasteiger partial charge in [0.2, 0.25) is 0 Å². The summed E-state index contributed by atoms with van der Waals surface area (Å²) < 4.78 is 7.85. The van der Waals surface area contributed by atoms with Gasteiger partial charge in [0.15, 0.2) is 0 Å². The quantitative estimate of drug-likeness (QED) is 0.832. The van der Waals surface area contributed by atoms with E-state index in [1.165, 1.54) is 11.3 Å². The maximum Gasteiger partial charge on any atom is 0.0714 e. The summed E-state index contributed by atoms with van der Waals surface area (Å²) in [5, 5.41) is 13.6. The summed E-state index contributed by atoms with van der Waals surface area (Å²) in [5.74, 6) is 0.597. The molecule has 120 valence electrons. The van der Waals surface area contributed by atoms with E-state index in [9.17, 15) is 0 Å². The number of hydrogen-bond acceptors (Lipinski definition) is 4. The lowest BCUT2D eigenvalue weighted by Gasteiger charge is -2.17. The highest BCUT2D eigenvalue weighted by molar-refractivity contribution is 5.24. The Balaban J connectivity index is 1.91. The van der Waals surface area contributed by atoms with Crippen molar-refractivity contribution in [3.05, 3.63) is 17.0 Å². The van der Waals surface area contributed by atoms with Crippen molar-refractivity contribution < 1.29 is 9.84 Å². The second-order valence-electron chi connectivity index (χ2n) is 6.47. The first-order valence-electron chi connectivity index (χ1n) is 7.99. The number of aliphatic hydroxyl groups is 1. The van der Waals surface area contributed by atoms with Gasteiger partial charge >= 0.3 is 0 Å². The van der Waals surface area contributed by atoms with Gasteiger partial charge in [-0.2, -0.15) is 5.10 Å². The maximum absolute atomic E-state index is 9.08. The van der Waals surface area contributed by atoms with E-state index in [4.69, 9.17) is 9.84 Å². The van der Waals surface area contributed by atoms with Crippen molar-refractivity contribution in [1.29, 1.82) is 0 Å². The summed E-state index contributed by atoms with van der Waals surface area (Å²) >= 11 is 0. The molecule has 1 aliphatic rings. The Kier molecular flexibility index (Phi) is 5.79. The minimum atomic E-state index is 0.135. The molecule has 1 unspecified atom stereocenters. The van der Waals surface area contributed by atoms with E-state index >= 15 is 0 Å². The number of nitrogens with zero attached hydrogens (tertiary/aromatic N) is 3. The third kappa shape index (κ3) is 4.28. The molecule has 0 bridgehead atoms. The van der Waals surface area contributed by atoms with Crippen LogP contribution in [-0.4, -0.2) is 52.2 Å². The molecule has 0 aliphatic carbocycles. The number of aliphatic hydroxyl groups excluding tert-OH is 1. The van der Waals surface area contributed by atoms with Crippen LogP contribution in [0.3, 0.4) is 0 Å². The predicted molar refractivity (Wildman–Crippen MR) is 83.3 cm³/mol. The van der Waals surface area contributed by atoms with E-state index in [2.05, 4.69) is 37.7 Å². The van der Waals surface area contributed by atoms with E-state index < -0.39 is 0 Å². The van der Waals surface area contributed by atoms with Crippen molar-refractivity contribution in [3.63, 3.8) is 0 Å². The average molecular weight is 295 g/mol. The summed E-state index contributed by atoms with van der Waals surface area (Å²) in [5.41, 5.74) is 3.55. The van der Waals surface area contributed by atoms with Crippen LogP contribution in [-0.2, 0) is 17.8 Å². The molecular formula is C16H29N3O2. The number of hydrogen-bond donors (Lipinski definition) is 1. The summed E-state index contributed by atoms with van der Waals surface area (Å²) in [6, 6.07) is 0. The summed E-state index contributed by atoms with van der Waals surface area (Å²) in [4.78, 5) is 2.45. The van der Waals surface area contributed by atoms with E-state index in [1.54, 1.807) is 0 Å². The van der Waals surface area contributed by atoms with Crippen LogP contribution in [0.25, 0.3) is 0 Å². The molecule has 1 aromatic heterocycles. The number of ether oxygens (including phenoxy) is 1. The van der Waals surface area contributed by atoms with Gasteiger partial charge in [-0.15, -0.1) is 0 Å². The van der Waals surface area contributed by atoms with Crippen molar-refractivity contribution in [1.82, 2.24) is 14.7 Å². The molecule has 0 spiro atoms. The van der Waals surface area contributed by atoms with Crippen LogP contribution >= 0.6 is 0 Å². The van der Waals surface area contributed by atoms with Crippen LogP contribution < -0.4 is 0 Å². The molecule has 0 amide bonds. The Hall–Kier alpha value is -0.910. The van der Waals surface area contributed by atoms with Crippen LogP contribution in [0, 0.1) is 19.8 Å². The highest BCUT2D eigenvalue weighted by Crippen LogP contribution is 2.20. The van der Waals surface area contributed by atoms with Crippen LogP contribution in [0.1, 0.15) is 37.2 Å². The van der Waals surface area contributed by atoms with E-state index in [1.807, 2.05) is 4.68 Å². The molecule has 5 heteroatoms. The molecule has 1 saturated heterocycles. The van der Waals surface area contributed by atoms with Crippen LogP contribution in [0.2, 0.25) is 0 Å². The lowest BCUT2D eigenvalue weighted by molar-refractivity contribution is 0.0412. The van der Waals surface area contributed by atoms with Gasteiger partial charge in [-0.1, -0.05) is 13.8 Å². The number of aryl methyl sites for hydroxylation is 1. The van der Waals surface area contributed by atoms with Gasteiger partial charge in [-0.25, -0.2) is 0 Å². The zero-order valence-corrected chi connectivity index (χ0v) is 13.8. The molecule has 0 radical (unpaired) electrons. The zero-order chi connectivity index (χ0) is 15.4. The lowest BCUT2D eigenvalue weighted by Crippen LogP contribution is -2.24. The molecule has 5 nitrogen and oxygen atoms in total. The Bertz CT molecular complexity index is 457. The molecule has 1 aliphatic heterocycles. The number of likely N-dealkylation sites (tertiary alicyclic amines) is 1. The van der Waals surface area contributed by atoms with Crippen LogP contribution in [0.15, 0.2) is 0 Å². The Morgan fingerprint density at radius 2 is 2.14 bits per heavy atom. The molecule has 1 aromatic rings. The monoisotopic (exact) mass is 295 g/mol. The SMILES string of the molecule is Cc1nn(CCO)c(C)c1CN1CCC(OCC(C)C)C1. The number of rotatable bonds is 7. The van der Waals surface area contributed by atoms with Crippen molar-refractivity contribution in [2.45, 2.75) is 53.3 Å². The van der Waals surface area contributed by atoms with Gasteiger partial charge in [-0.3, -0.25) is 9.58 Å². The van der Waals surface area contributed by atoms with E-state index in [-0.39, 0.29) is 6.61 Å². The first-order chi connectivity index (χ1) is 10.0. The predicted octanol–water partition coefficient (Wildman–Crippen LogP) is 1.74. The molecule has 1 atom stereocenters. The third-order valence-electron chi connectivity index (χ3n) is 4.12. The van der Waals surface area contributed by atoms with Gasteiger partial charge in [0.25, 0.3) is 0 Å². The largest absolute Gasteiger partial charge is 0.394 e. The molecule has 2 rings (SSSR count). The molecular weight excluding hydrogens is 266 g/mol. The summed E-state index contributed by atoms with van der Waals surface area (Å²) in [7, 11) is 0. The standard InChI is InChI=1S/C16H29N3O2/c1-12(2)11-21-15-5-6-18(9-15)10-16-13(3)17-19(7-8-20)14(16)4/h12,15,20H,5-11H2,1-4H3. The highest BCUT2D eigenvalue weighted by Gasteiger charge is 2.25. The number of aromatic nitrogens is 2. The first-order valence-corrected chi connectivity index (χ1v) is 7.99. The van der Waals surface area contributed by atoms with Crippen molar-refractivity contribution >= 4 is 0 Å². The Morgan fingerprint density at radius 1 is 1.38 bits per heavy atom. The Morgan fingerprint density at radius 3 is 2.81 bits per heavy atom. The van der Waals surface area contributed by atoms with Gasteiger partial charge < -0.3 is 9.84 Å². The first kappa shape index (κ1) is 16.5. The third-order valence-corrected chi connectivity index (χ3v) is 4.12. The second kappa shape index (κ2) is 7.38. The summed E-state index contributed by atoms with van der Waals surface area (Å²) in [6.07, 6.45) is 1.50. The molecule has 1 fully saturated rings. The topological polar surface area (TPSA) is 50.5 Å². The maximum atomic E-state index is 9.08. The highest BCUT2D eigenvalue weighted by atomic mass is 16.5. The van der Waals surface area contributed by atoms with Gasteiger partial charge in [0.1, 0.15) is 0 Å². The second-order valence-corrected chi connectivity index (χ2v) is 6.47. The van der Waals surface area contributed by atoms with Crippen LogP contribution in [0.4, 0.5) is 0 Å². The van der Waals surface area contributed by atoms with E-state index in [0.717, 1.165) is 38.4 Å². The van der Waals surface area contributed by atoms with Crippen molar-refractivity contribution in [2.24, 2.45) is 5.92 Å². The normalized spacial score (nSPS) is 19.8. The van der Waals surface area contributed by atoms with Crippen molar-refractivity contribution in [2.75, 3.05) is 26.3 Å². The fourth-order valence-electron chi connectivity index (χ4n) is 2.90. The van der Waals surface area contributed by atoms with E-state index in [0.29, 0.717) is 18.6 Å². The molecule has 21 heavy (non-hydrogen) atoms. The molecule has 0 saturated carbocycles. The molecule has 1 N–H and O–H groups in total. The van der Waals surface area contributed by atoms with Crippen molar-refractivity contribution in [3.8, 4) is 0 Å². The van der Waals surface area contributed by atoms with Crippen LogP contribution in [0.5, 0.6) is 0 Å². The summed E-state index contributed by atoms with van der Waals surface area (Å²) in [6.45, 7) is 13.1. The smallest absolute Gasteiger partial charge is 0.0714 e. The minimum Gasteiger partial charge on any atom is -0.394 e. The fourth-order valence-corrected chi connectivity index (χ4v) is 2.90.